The molecule has 2 heterocycles. The number of nitrogens with zero attached hydrogens (tertiary/aromatic N) is 2. The Morgan fingerprint density at radius 3 is 2.79 bits per heavy atom. The first-order valence-electron chi connectivity index (χ1n) is 4.21. The average Bonchev–Trinajstić information content (AvgIpc) is 2.08. The number of aromatic amines is 1. The van der Waals surface area contributed by atoms with Gasteiger partial charge in [-0.15, -0.1) is 0 Å². The van der Waals surface area contributed by atoms with E-state index >= 15 is 0 Å². The number of hydrogen-bond acceptors (Lipinski definition) is 4. The quantitative estimate of drug-likeness (QED) is 0.646. The van der Waals surface area contributed by atoms with Gasteiger partial charge in [0.25, 0.3) is 0 Å². The number of H-pyrrole nitrogens is 1. The summed E-state index contributed by atoms with van der Waals surface area (Å²) in [6, 6.07) is 1.98. The van der Waals surface area contributed by atoms with E-state index in [4.69, 9.17) is 18.0 Å². The first-order valence-corrected chi connectivity index (χ1v) is 4.62. The standard InChI is InChI=1S/C9H10N4S/c1-4-3-6-7(11-5(4)2)12-9(10)13-8(6)14/h3H,1-2H3,(H3,10,11,12,13,14). The fourth-order valence-corrected chi connectivity index (χ4v) is 1.54. The lowest BCUT2D eigenvalue weighted by Gasteiger charge is -2.03. The SMILES string of the molecule is Cc1cc2c(=S)nc(N)[nH]c2nc1C. The summed E-state index contributed by atoms with van der Waals surface area (Å²) in [6.07, 6.45) is 0. The lowest BCUT2D eigenvalue weighted by atomic mass is 10.2. The first-order chi connectivity index (χ1) is 6.58. The molecule has 0 atom stereocenters. The van der Waals surface area contributed by atoms with Crippen molar-refractivity contribution in [3.8, 4) is 0 Å². The highest BCUT2D eigenvalue weighted by Crippen LogP contribution is 2.15. The second-order valence-corrected chi connectivity index (χ2v) is 3.60. The predicted molar refractivity (Wildman–Crippen MR) is 58.6 cm³/mol. The number of fused-ring (bicyclic) bond motifs is 1. The molecular weight excluding hydrogens is 196 g/mol. The molecule has 2 aromatic heterocycles. The van der Waals surface area contributed by atoms with Crippen molar-refractivity contribution in [3.63, 3.8) is 0 Å². The van der Waals surface area contributed by atoms with Gasteiger partial charge in [0.15, 0.2) is 5.95 Å². The highest BCUT2D eigenvalue weighted by Gasteiger charge is 2.02. The Hall–Kier alpha value is -1.49. The molecule has 0 unspecified atom stereocenters. The van der Waals surface area contributed by atoms with Crippen LogP contribution in [0.5, 0.6) is 0 Å². The number of anilines is 1. The maximum atomic E-state index is 5.54. The molecule has 0 aliphatic rings. The third-order valence-electron chi connectivity index (χ3n) is 2.17. The second kappa shape index (κ2) is 3.02. The van der Waals surface area contributed by atoms with Crippen molar-refractivity contribution in [2.45, 2.75) is 13.8 Å². The highest BCUT2D eigenvalue weighted by molar-refractivity contribution is 7.71. The van der Waals surface area contributed by atoms with Gasteiger partial charge in [0.2, 0.25) is 0 Å². The number of aryl methyl sites for hydroxylation is 2. The molecule has 0 bridgehead atoms. The van der Waals surface area contributed by atoms with Crippen LogP contribution in [0.2, 0.25) is 0 Å². The van der Waals surface area contributed by atoms with Crippen LogP contribution in [0.25, 0.3) is 11.0 Å². The van der Waals surface area contributed by atoms with Gasteiger partial charge in [0.05, 0.1) is 5.39 Å². The molecule has 0 saturated carbocycles. The molecule has 0 aromatic carbocycles. The van der Waals surface area contributed by atoms with Crippen molar-refractivity contribution < 1.29 is 0 Å². The third kappa shape index (κ3) is 1.35. The van der Waals surface area contributed by atoms with Gasteiger partial charge >= 0.3 is 0 Å². The highest BCUT2D eigenvalue weighted by atomic mass is 32.1. The number of aromatic nitrogens is 3. The lowest BCUT2D eigenvalue weighted by Crippen LogP contribution is -1.98. The predicted octanol–water partition coefficient (Wildman–Crippen LogP) is 1.89. The van der Waals surface area contributed by atoms with Gasteiger partial charge in [0.1, 0.15) is 10.3 Å². The molecule has 0 aliphatic heterocycles. The Morgan fingerprint density at radius 1 is 1.36 bits per heavy atom. The van der Waals surface area contributed by atoms with Gasteiger partial charge in [-0.2, -0.15) is 0 Å². The van der Waals surface area contributed by atoms with Gasteiger partial charge in [-0.3, -0.25) is 0 Å². The van der Waals surface area contributed by atoms with Crippen LogP contribution in [0.4, 0.5) is 5.95 Å². The number of nitrogens with two attached hydrogens (primary N) is 1. The molecule has 0 radical (unpaired) electrons. The van der Waals surface area contributed by atoms with Crippen molar-refractivity contribution in [1.82, 2.24) is 15.0 Å². The summed E-state index contributed by atoms with van der Waals surface area (Å²) in [4.78, 5) is 11.2. The molecule has 4 nitrogen and oxygen atoms in total. The molecule has 3 N–H and O–H groups in total. The Labute approximate surface area is 86.2 Å². The van der Waals surface area contributed by atoms with Crippen LogP contribution in [-0.4, -0.2) is 15.0 Å². The van der Waals surface area contributed by atoms with E-state index in [1.807, 2.05) is 19.9 Å². The minimum atomic E-state index is 0.304. The van der Waals surface area contributed by atoms with E-state index < -0.39 is 0 Å². The van der Waals surface area contributed by atoms with Gasteiger partial charge in [-0.25, -0.2) is 9.97 Å². The van der Waals surface area contributed by atoms with Gasteiger partial charge in [-0.1, -0.05) is 12.2 Å². The minimum Gasteiger partial charge on any atom is -0.369 e. The van der Waals surface area contributed by atoms with Gasteiger partial charge in [-0.05, 0) is 25.5 Å². The molecule has 0 amide bonds. The molecule has 2 aromatic rings. The summed E-state index contributed by atoms with van der Waals surface area (Å²) < 4.78 is 0.492. The fourth-order valence-electron chi connectivity index (χ4n) is 1.28. The number of nitrogens with one attached hydrogen (secondary N) is 1. The molecule has 2 rings (SSSR count). The summed E-state index contributed by atoms with van der Waals surface area (Å²) in [5.41, 5.74) is 8.31. The van der Waals surface area contributed by atoms with Crippen LogP contribution >= 0.6 is 12.2 Å². The molecule has 0 spiro atoms. The van der Waals surface area contributed by atoms with Crippen LogP contribution < -0.4 is 5.73 Å². The summed E-state index contributed by atoms with van der Waals surface area (Å²) in [5.74, 6) is 0.304. The smallest absolute Gasteiger partial charge is 0.200 e. The van der Waals surface area contributed by atoms with Crippen LogP contribution in [0.3, 0.4) is 0 Å². The molecule has 0 fully saturated rings. The summed E-state index contributed by atoms with van der Waals surface area (Å²) in [6.45, 7) is 3.94. The van der Waals surface area contributed by atoms with Crippen LogP contribution in [0.15, 0.2) is 6.07 Å². The molecule has 14 heavy (non-hydrogen) atoms. The normalized spacial score (nSPS) is 10.7. The Bertz CT molecular complexity index is 558. The third-order valence-corrected chi connectivity index (χ3v) is 2.48. The number of pyridine rings is 1. The molecule has 0 aliphatic carbocycles. The zero-order valence-electron chi connectivity index (χ0n) is 7.96. The van der Waals surface area contributed by atoms with Crippen LogP contribution in [-0.2, 0) is 0 Å². The second-order valence-electron chi connectivity index (χ2n) is 3.21. The van der Waals surface area contributed by atoms with Crippen molar-refractivity contribution in [2.75, 3.05) is 5.73 Å². The Morgan fingerprint density at radius 2 is 2.07 bits per heavy atom. The number of rotatable bonds is 0. The van der Waals surface area contributed by atoms with E-state index in [-0.39, 0.29) is 0 Å². The number of hydrogen-bond donors (Lipinski definition) is 2. The zero-order chi connectivity index (χ0) is 10.3. The van der Waals surface area contributed by atoms with Crippen molar-refractivity contribution >= 4 is 29.2 Å². The molecular formula is C9H10N4S. The van der Waals surface area contributed by atoms with E-state index in [1.54, 1.807) is 0 Å². The topological polar surface area (TPSA) is 67.6 Å². The average molecular weight is 206 g/mol. The summed E-state index contributed by atoms with van der Waals surface area (Å²) >= 11 is 5.09. The fraction of sp³-hybridized carbons (Fsp3) is 0.222. The summed E-state index contributed by atoms with van der Waals surface area (Å²) in [5, 5.41) is 0.845. The Kier molecular flexibility index (Phi) is 1.96. The summed E-state index contributed by atoms with van der Waals surface area (Å²) in [7, 11) is 0. The number of nitrogen functional groups attached to an aromatic ring is 1. The monoisotopic (exact) mass is 206 g/mol. The van der Waals surface area contributed by atoms with E-state index in [0.29, 0.717) is 16.2 Å². The van der Waals surface area contributed by atoms with Crippen LogP contribution in [0.1, 0.15) is 11.3 Å². The Balaban J connectivity index is 2.96. The molecule has 72 valence electrons. The molecule has 0 saturated heterocycles. The van der Waals surface area contributed by atoms with E-state index in [9.17, 15) is 0 Å². The van der Waals surface area contributed by atoms with Crippen molar-refractivity contribution in [2.24, 2.45) is 0 Å². The minimum absolute atomic E-state index is 0.304. The lowest BCUT2D eigenvalue weighted by molar-refractivity contribution is 1.13. The van der Waals surface area contributed by atoms with Crippen molar-refractivity contribution in [3.05, 3.63) is 22.0 Å². The maximum Gasteiger partial charge on any atom is 0.200 e. The van der Waals surface area contributed by atoms with Gasteiger partial charge < -0.3 is 10.7 Å². The van der Waals surface area contributed by atoms with E-state index in [1.165, 1.54) is 0 Å². The molecule has 5 heteroatoms. The van der Waals surface area contributed by atoms with E-state index in [2.05, 4.69) is 15.0 Å². The largest absolute Gasteiger partial charge is 0.369 e. The first kappa shape index (κ1) is 9.08. The van der Waals surface area contributed by atoms with Crippen molar-refractivity contribution in [1.29, 1.82) is 0 Å². The zero-order valence-corrected chi connectivity index (χ0v) is 8.77. The van der Waals surface area contributed by atoms with Crippen LogP contribution in [0, 0.1) is 18.5 Å². The maximum absolute atomic E-state index is 5.54. The van der Waals surface area contributed by atoms with E-state index in [0.717, 1.165) is 16.6 Å². The van der Waals surface area contributed by atoms with Gasteiger partial charge in [0, 0.05) is 5.69 Å².